The summed E-state index contributed by atoms with van der Waals surface area (Å²) >= 11 is 0. The summed E-state index contributed by atoms with van der Waals surface area (Å²) in [5.41, 5.74) is 38.7. The fourth-order valence-corrected chi connectivity index (χ4v) is 15.7. The van der Waals surface area contributed by atoms with Crippen LogP contribution in [0.5, 0.6) is 0 Å². The lowest BCUT2D eigenvalue weighted by atomic mass is 9.79. The van der Waals surface area contributed by atoms with Crippen molar-refractivity contribution in [1.29, 1.82) is 0 Å². The van der Waals surface area contributed by atoms with Crippen LogP contribution in [0.3, 0.4) is 0 Å². The van der Waals surface area contributed by atoms with E-state index in [1.165, 1.54) is 188 Å². The Kier molecular flexibility index (Phi) is 10.3. The standard InChI is InChI=1S/C86H58/c1-85(2)79-47-59(55-23-19-51(20-24-55)53-27-31-57(32-28-53)63-43-45-77-67-13-7-5-11-65(67)75-17-9-15-73(63)83(75)77)35-39-69(79)71-41-37-61(49-81(71)85)62-38-42-72-70-40-36-60(48-80(70)86(3,4)82(72)50-62)56-25-21-52(22-26-56)54-29-33-58(34-30-54)64-44-46-78-68-14-8-6-12-66(68)76-18-10-16-74(64)84(76)78/h5-50H,1-4H3. The number of hydrogen-bond donors (Lipinski definition) is 0. The molecule has 14 aromatic rings. The monoisotopic (exact) mass is 1090 g/mol. The van der Waals surface area contributed by atoms with E-state index in [1.54, 1.807) is 0 Å². The summed E-state index contributed by atoms with van der Waals surface area (Å²) in [5.74, 6) is 0. The van der Waals surface area contributed by atoms with E-state index in [-0.39, 0.29) is 10.8 Å². The molecule has 14 aromatic carbocycles. The fourth-order valence-electron chi connectivity index (χ4n) is 15.7. The van der Waals surface area contributed by atoms with E-state index in [4.69, 9.17) is 0 Å². The molecule has 0 unspecified atom stereocenters. The van der Waals surface area contributed by atoms with Gasteiger partial charge in [0.2, 0.25) is 0 Å². The predicted octanol–water partition coefficient (Wildman–Crippen LogP) is 23.6. The topological polar surface area (TPSA) is 0 Å². The second-order valence-electron chi connectivity index (χ2n) is 25.5. The Balaban J connectivity index is 0.571. The lowest BCUT2D eigenvalue weighted by molar-refractivity contribution is 0.660. The number of hydrogen-bond acceptors (Lipinski definition) is 0. The molecule has 0 heteroatoms. The molecule has 0 saturated heterocycles. The Bertz CT molecular complexity index is 4830. The van der Waals surface area contributed by atoms with Gasteiger partial charge in [-0.2, -0.15) is 0 Å². The van der Waals surface area contributed by atoms with Crippen molar-refractivity contribution in [3.8, 4) is 145 Å². The van der Waals surface area contributed by atoms with Gasteiger partial charge in [-0.05, 0) is 213 Å². The summed E-state index contributed by atoms with van der Waals surface area (Å²) in [6, 6.07) is 106. The average molecular weight is 1090 g/mol. The van der Waals surface area contributed by atoms with Gasteiger partial charge in [-0.3, -0.25) is 0 Å². The Labute approximate surface area is 503 Å². The van der Waals surface area contributed by atoms with Crippen LogP contribution in [0.2, 0.25) is 0 Å². The normalized spacial score (nSPS) is 13.8. The molecule has 4 aliphatic carbocycles. The highest BCUT2D eigenvalue weighted by molar-refractivity contribution is 6.20. The maximum Gasteiger partial charge on any atom is 0.0159 e. The predicted molar refractivity (Wildman–Crippen MR) is 363 cm³/mol. The van der Waals surface area contributed by atoms with Crippen LogP contribution in [0.25, 0.3) is 166 Å². The van der Waals surface area contributed by atoms with Gasteiger partial charge in [0.15, 0.2) is 0 Å². The van der Waals surface area contributed by atoms with Gasteiger partial charge in [0.1, 0.15) is 0 Å². The highest BCUT2D eigenvalue weighted by Crippen LogP contribution is 2.55. The third kappa shape index (κ3) is 7.11. The number of benzene rings is 14. The number of fused-ring (bicyclic) bond motifs is 12. The highest BCUT2D eigenvalue weighted by Gasteiger charge is 2.38. The van der Waals surface area contributed by atoms with Gasteiger partial charge in [0.05, 0.1) is 0 Å². The molecule has 0 bridgehead atoms. The summed E-state index contributed by atoms with van der Waals surface area (Å²) in [7, 11) is 0. The molecule has 0 saturated carbocycles. The first-order valence-electron chi connectivity index (χ1n) is 30.5. The second-order valence-corrected chi connectivity index (χ2v) is 25.5. The molecule has 86 heavy (non-hydrogen) atoms. The lowest BCUT2D eigenvalue weighted by Crippen LogP contribution is -2.15. The van der Waals surface area contributed by atoms with Gasteiger partial charge < -0.3 is 0 Å². The molecule has 0 atom stereocenters. The first-order valence-corrected chi connectivity index (χ1v) is 30.5. The fraction of sp³-hybridized carbons (Fsp3) is 0.0698. The van der Waals surface area contributed by atoms with E-state index in [9.17, 15) is 0 Å². The molecule has 0 nitrogen and oxygen atoms in total. The molecule has 4 aliphatic rings. The van der Waals surface area contributed by atoms with Crippen LogP contribution in [-0.4, -0.2) is 0 Å². The van der Waals surface area contributed by atoms with Crippen LogP contribution in [0.1, 0.15) is 49.9 Å². The minimum absolute atomic E-state index is 0.161. The Morgan fingerprint density at radius 2 is 0.372 bits per heavy atom. The summed E-state index contributed by atoms with van der Waals surface area (Å²) in [4.78, 5) is 0. The molecule has 0 aromatic heterocycles. The van der Waals surface area contributed by atoms with Crippen molar-refractivity contribution in [3.63, 3.8) is 0 Å². The van der Waals surface area contributed by atoms with Crippen molar-refractivity contribution >= 4 is 21.5 Å². The molecular formula is C86H58. The summed E-state index contributed by atoms with van der Waals surface area (Å²) < 4.78 is 0. The maximum atomic E-state index is 2.47. The SMILES string of the molecule is CC1(C)c2cc(-c3ccc(-c4ccc(-c5ccc6c7c(cccc57)-c5ccccc5-6)cc4)cc3)ccc2-c2ccc(-c3ccc4c(c3)C(C)(C)c3cc(-c5ccc(-c6ccc(-c7ccc8c9c(cccc79)-c7ccccc7-8)cc6)cc5)ccc3-4)cc21. The van der Waals surface area contributed by atoms with E-state index in [0.29, 0.717) is 0 Å². The average Bonchev–Trinajstić information content (AvgIpc) is 1.77. The molecule has 402 valence electrons. The molecule has 0 spiro atoms. The van der Waals surface area contributed by atoms with Crippen LogP contribution in [0.4, 0.5) is 0 Å². The summed E-state index contributed by atoms with van der Waals surface area (Å²) in [6.07, 6.45) is 0. The molecule has 0 fully saturated rings. The van der Waals surface area contributed by atoms with Crippen LogP contribution in [-0.2, 0) is 10.8 Å². The minimum Gasteiger partial charge on any atom is -0.0616 e. The first-order chi connectivity index (χ1) is 42.1. The highest BCUT2D eigenvalue weighted by atomic mass is 14.4. The first kappa shape index (κ1) is 49.1. The molecule has 0 amide bonds. The van der Waals surface area contributed by atoms with Crippen molar-refractivity contribution in [3.05, 3.63) is 301 Å². The van der Waals surface area contributed by atoms with E-state index in [2.05, 4.69) is 307 Å². The van der Waals surface area contributed by atoms with Crippen molar-refractivity contribution in [2.75, 3.05) is 0 Å². The molecule has 0 radical (unpaired) electrons. The Morgan fingerprint density at radius 1 is 0.163 bits per heavy atom. The largest absolute Gasteiger partial charge is 0.0616 e. The van der Waals surface area contributed by atoms with Gasteiger partial charge in [0, 0.05) is 10.8 Å². The van der Waals surface area contributed by atoms with Gasteiger partial charge in [-0.1, -0.05) is 282 Å². The Morgan fingerprint density at radius 3 is 0.674 bits per heavy atom. The van der Waals surface area contributed by atoms with Crippen LogP contribution in [0, 0.1) is 0 Å². The second kappa shape index (κ2) is 18.1. The summed E-state index contributed by atoms with van der Waals surface area (Å²) in [6.45, 7) is 9.62. The van der Waals surface area contributed by atoms with Crippen molar-refractivity contribution in [1.82, 2.24) is 0 Å². The van der Waals surface area contributed by atoms with E-state index in [0.717, 1.165) is 0 Å². The summed E-state index contributed by atoms with van der Waals surface area (Å²) in [5, 5.41) is 5.36. The zero-order valence-electron chi connectivity index (χ0n) is 48.6. The van der Waals surface area contributed by atoms with Gasteiger partial charge in [-0.15, -0.1) is 0 Å². The molecule has 0 aliphatic heterocycles. The van der Waals surface area contributed by atoms with Crippen LogP contribution < -0.4 is 0 Å². The quantitative estimate of drug-likeness (QED) is 0.149. The third-order valence-corrected chi connectivity index (χ3v) is 20.3. The third-order valence-electron chi connectivity index (χ3n) is 20.3. The molecule has 0 N–H and O–H groups in total. The Hall–Kier alpha value is -10.4. The van der Waals surface area contributed by atoms with Crippen molar-refractivity contribution < 1.29 is 0 Å². The van der Waals surface area contributed by atoms with Gasteiger partial charge >= 0.3 is 0 Å². The van der Waals surface area contributed by atoms with Crippen molar-refractivity contribution in [2.45, 2.75) is 38.5 Å². The molecular weight excluding hydrogens is 1030 g/mol. The molecule has 18 rings (SSSR count). The van der Waals surface area contributed by atoms with Gasteiger partial charge in [0.25, 0.3) is 0 Å². The maximum absolute atomic E-state index is 2.47. The van der Waals surface area contributed by atoms with E-state index >= 15 is 0 Å². The van der Waals surface area contributed by atoms with E-state index in [1.807, 2.05) is 0 Å². The smallest absolute Gasteiger partial charge is 0.0159 e. The van der Waals surface area contributed by atoms with Crippen molar-refractivity contribution in [2.24, 2.45) is 0 Å². The van der Waals surface area contributed by atoms with E-state index < -0.39 is 0 Å². The minimum atomic E-state index is -0.161. The zero-order valence-corrected chi connectivity index (χ0v) is 48.6. The van der Waals surface area contributed by atoms with Crippen LogP contribution >= 0.6 is 0 Å². The lowest BCUT2D eigenvalue weighted by Gasteiger charge is -2.24. The number of rotatable bonds is 7. The van der Waals surface area contributed by atoms with Crippen LogP contribution in [0.15, 0.2) is 279 Å². The molecule has 0 heterocycles. The van der Waals surface area contributed by atoms with Gasteiger partial charge in [-0.25, -0.2) is 0 Å². The zero-order chi connectivity index (χ0) is 57.2.